The van der Waals surface area contributed by atoms with E-state index in [2.05, 4.69) is 20.5 Å². The third-order valence-electron chi connectivity index (χ3n) is 3.52. The maximum Gasteiger partial charge on any atom is 0.270 e. The molecule has 3 aromatic rings. The zero-order valence-corrected chi connectivity index (χ0v) is 15.0. The van der Waals surface area contributed by atoms with Gasteiger partial charge >= 0.3 is 0 Å². The molecule has 0 aliphatic heterocycles. The first kappa shape index (κ1) is 18.6. The Labute approximate surface area is 162 Å². The van der Waals surface area contributed by atoms with Crippen molar-refractivity contribution in [3.05, 3.63) is 79.8 Å². The Hall–Kier alpha value is -3.21. The quantitative estimate of drug-likeness (QED) is 0.389. The molecule has 0 radical (unpaired) electrons. The Kier molecular flexibility index (Phi) is 5.50. The topological polar surface area (TPSA) is 93.9 Å². The second-order valence-corrected chi connectivity index (χ2v) is 6.06. The van der Waals surface area contributed by atoms with Crippen LogP contribution in [0.2, 0.25) is 10.0 Å². The Morgan fingerprint density at radius 2 is 1.89 bits per heavy atom. The highest BCUT2D eigenvalue weighted by Gasteiger charge is 2.13. The number of H-pyrrole nitrogens is 1. The molecule has 0 saturated heterocycles. The van der Waals surface area contributed by atoms with Gasteiger partial charge in [-0.2, -0.15) is 10.4 Å². The van der Waals surface area contributed by atoms with Crippen molar-refractivity contribution >= 4 is 35.4 Å². The summed E-state index contributed by atoms with van der Waals surface area (Å²) >= 11 is 11.6. The van der Waals surface area contributed by atoms with Gasteiger partial charge in [0.2, 0.25) is 5.95 Å². The lowest BCUT2D eigenvalue weighted by atomic mass is 10.1. The van der Waals surface area contributed by atoms with Crippen LogP contribution in [0, 0.1) is 17.1 Å². The highest BCUT2D eigenvalue weighted by molar-refractivity contribution is 6.35. The van der Waals surface area contributed by atoms with E-state index in [1.807, 2.05) is 6.07 Å². The molecule has 1 heterocycles. The highest BCUT2D eigenvalue weighted by Crippen LogP contribution is 2.24. The van der Waals surface area contributed by atoms with Gasteiger partial charge in [0.15, 0.2) is 5.82 Å². The van der Waals surface area contributed by atoms with E-state index >= 15 is 0 Å². The van der Waals surface area contributed by atoms with Gasteiger partial charge in [-0.1, -0.05) is 53.5 Å². The second-order valence-electron chi connectivity index (χ2n) is 5.24. The lowest BCUT2D eigenvalue weighted by Gasteiger charge is -2.06. The monoisotopic (exact) mass is 401 g/mol. The molecule has 9 heteroatoms. The first-order chi connectivity index (χ1) is 13.0. The summed E-state index contributed by atoms with van der Waals surface area (Å²) in [5.74, 6) is -0.742. The summed E-state index contributed by atoms with van der Waals surface area (Å²) in [6, 6.07) is 13.4. The predicted octanol–water partition coefficient (Wildman–Crippen LogP) is 4.20. The lowest BCUT2D eigenvalue weighted by Crippen LogP contribution is -2.16. The number of halogens is 3. The highest BCUT2D eigenvalue weighted by atomic mass is 35.5. The molecule has 1 aromatic heterocycles. The van der Waals surface area contributed by atoms with Crippen LogP contribution in [0.4, 0.5) is 10.3 Å². The van der Waals surface area contributed by atoms with Crippen LogP contribution in [0.5, 0.6) is 0 Å². The van der Waals surface area contributed by atoms with Gasteiger partial charge in [0.1, 0.15) is 11.6 Å². The molecule has 0 atom stereocenters. The summed E-state index contributed by atoms with van der Waals surface area (Å²) < 4.78 is 14.0. The predicted molar refractivity (Wildman–Crippen MR) is 103 cm³/mol. The number of nitriles is 1. The summed E-state index contributed by atoms with van der Waals surface area (Å²) in [5, 5.41) is 13.1. The number of hydrogen-bond acceptors (Lipinski definition) is 5. The fraction of sp³-hybridized carbons (Fsp3) is 0. The third kappa shape index (κ3) is 3.97. The van der Waals surface area contributed by atoms with Crippen molar-refractivity contribution in [1.82, 2.24) is 9.97 Å². The third-order valence-corrected chi connectivity index (χ3v) is 4.14. The van der Waals surface area contributed by atoms with Crippen LogP contribution in [0.25, 0.3) is 11.3 Å². The number of nitrogens with one attached hydrogen (secondary N) is 2. The van der Waals surface area contributed by atoms with E-state index in [9.17, 15) is 14.4 Å². The number of anilines is 1. The van der Waals surface area contributed by atoms with Crippen molar-refractivity contribution in [1.29, 1.82) is 5.26 Å². The van der Waals surface area contributed by atoms with Crippen molar-refractivity contribution < 1.29 is 4.39 Å². The van der Waals surface area contributed by atoms with Crippen molar-refractivity contribution in [2.24, 2.45) is 5.10 Å². The molecule has 0 saturated carbocycles. The van der Waals surface area contributed by atoms with Gasteiger partial charge in [-0.3, -0.25) is 9.78 Å². The molecule has 0 spiro atoms. The maximum atomic E-state index is 14.0. The minimum Gasteiger partial charge on any atom is -0.290 e. The molecule has 3 rings (SSSR count). The van der Waals surface area contributed by atoms with Crippen LogP contribution in [-0.2, 0) is 0 Å². The van der Waals surface area contributed by atoms with Crippen molar-refractivity contribution in [3.8, 4) is 17.3 Å². The number of aromatic amines is 1. The Morgan fingerprint density at radius 1 is 1.19 bits per heavy atom. The summed E-state index contributed by atoms with van der Waals surface area (Å²) in [7, 11) is 0. The lowest BCUT2D eigenvalue weighted by molar-refractivity contribution is 0.626. The fourth-order valence-electron chi connectivity index (χ4n) is 2.25. The Morgan fingerprint density at radius 3 is 2.59 bits per heavy atom. The number of hydrogen-bond donors (Lipinski definition) is 2. The molecular formula is C18H10Cl2FN5O. The van der Waals surface area contributed by atoms with Gasteiger partial charge in [0.05, 0.1) is 27.5 Å². The number of rotatable bonds is 4. The molecular weight excluding hydrogens is 392 g/mol. The van der Waals surface area contributed by atoms with E-state index in [1.165, 1.54) is 12.1 Å². The van der Waals surface area contributed by atoms with E-state index < -0.39 is 11.4 Å². The van der Waals surface area contributed by atoms with Gasteiger partial charge in [0, 0.05) is 5.56 Å². The zero-order chi connectivity index (χ0) is 19.4. The van der Waals surface area contributed by atoms with Gasteiger partial charge in [0.25, 0.3) is 5.56 Å². The molecule has 0 amide bonds. The fourth-order valence-corrected chi connectivity index (χ4v) is 2.61. The first-order valence-corrected chi connectivity index (χ1v) is 8.29. The Balaban J connectivity index is 1.95. The van der Waals surface area contributed by atoms with Crippen molar-refractivity contribution in [2.75, 3.05) is 5.43 Å². The molecule has 0 fully saturated rings. The maximum absolute atomic E-state index is 14.0. The molecule has 27 heavy (non-hydrogen) atoms. The standard InChI is InChI=1S/C18H10Cl2FN5O/c19-13-6-7-14(20)15(21)12(13)9-23-26-18-24-16(10-4-2-1-3-5-10)11(8-22)17(27)25-18/h1-7,9H,(H2,24,25,26,27). The van der Waals surface area contributed by atoms with Gasteiger partial charge in [-0.15, -0.1) is 0 Å². The van der Waals surface area contributed by atoms with E-state index in [0.717, 1.165) is 6.21 Å². The van der Waals surface area contributed by atoms with Crippen LogP contribution in [0.3, 0.4) is 0 Å². The van der Waals surface area contributed by atoms with Gasteiger partial charge in [-0.25, -0.2) is 14.8 Å². The van der Waals surface area contributed by atoms with Crippen LogP contribution in [0.1, 0.15) is 11.1 Å². The summed E-state index contributed by atoms with van der Waals surface area (Å²) in [6.45, 7) is 0. The van der Waals surface area contributed by atoms with Gasteiger partial charge in [-0.05, 0) is 12.1 Å². The first-order valence-electron chi connectivity index (χ1n) is 7.53. The number of benzene rings is 2. The smallest absolute Gasteiger partial charge is 0.270 e. The number of nitrogens with zero attached hydrogens (tertiary/aromatic N) is 3. The molecule has 2 N–H and O–H groups in total. The summed E-state index contributed by atoms with van der Waals surface area (Å²) in [5.41, 5.74) is 2.52. The van der Waals surface area contributed by atoms with Gasteiger partial charge < -0.3 is 0 Å². The van der Waals surface area contributed by atoms with Crippen LogP contribution in [-0.4, -0.2) is 16.2 Å². The SMILES string of the molecule is N#Cc1c(-c2ccccc2)nc(NN=Cc2c(Cl)ccc(Cl)c2F)[nH]c1=O. The van der Waals surface area contributed by atoms with Crippen molar-refractivity contribution in [3.63, 3.8) is 0 Å². The summed E-state index contributed by atoms with van der Waals surface area (Å²) in [6.07, 6.45) is 1.12. The Bertz CT molecular complexity index is 1120. The minimum absolute atomic E-state index is 0.0176. The van der Waals surface area contributed by atoms with Crippen LogP contribution in [0.15, 0.2) is 52.4 Å². The molecule has 134 valence electrons. The molecule has 2 aromatic carbocycles. The normalized spacial score (nSPS) is 10.7. The second kappa shape index (κ2) is 7.99. The molecule has 6 nitrogen and oxygen atoms in total. The van der Waals surface area contributed by atoms with E-state index in [1.54, 1.807) is 30.3 Å². The van der Waals surface area contributed by atoms with Crippen LogP contribution >= 0.6 is 23.2 Å². The van der Waals surface area contributed by atoms with Crippen LogP contribution < -0.4 is 11.0 Å². The molecule has 0 unspecified atom stereocenters. The van der Waals surface area contributed by atoms with E-state index in [-0.39, 0.29) is 32.8 Å². The number of aromatic nitrogens is 2. The molecule has 0 bridgehead atoms. The average molecular weight is 402 g/mol. The van der Waals surface area contributed by atoms with E-state index in [4.69, 9.17) is 23.2 Å². The van der Waals surface area contributed by atoms with Crippen molar-refractivity contribution in [2.45, 2.75) is 0 Å². The number of hydrazone groups is 1. The average Bonchev–Trinajstić information content (AvgIpc) is 2.68. The molecule has 0 aliphatic rings. The van der Waals surface area contributed by atoms with E-state index in [0.29, 0.717) is 5.56 Å². The largest absolute Gasteiger partial charge is 0.290 e. The summed E-state index contributed by atoms with van der Waals surface area (Å²) in [4.78, 5) is 18.8. The molecule has 0 aliphatic carbocycles. The zero-order valence-electron chi connectivity index (χ0n) is 13.5. The minimum atomic E-state index is -0.721.